The highest BCUT2D eigenvalue weighted by molar-refractivity contribution is 6.12. The Morgan fingerprint density at radius 2 is 1.61 bits per heavy atom. The Hall–Kier alpha value is -3.10. The van der Waals surface area contributed by atoms with Crippen LogP contribution in [0.25, 0.3) is 0 Å². The highest BCUT2D eigenvalue weighted by Gasteiger charge is 2.26. The largest absolute Gasteiger partial charge is 0.508 e. The van der Waals surface area contributed by atoms with Crippen molar-refractivity contribution < 1.29 is 29.3 Å². The van der Waals surface area contributed by atoms with Gasteiger partial charge in [0.05, 0.1) is 25.7 Å². The maximum atomic E-state index is 13.4. The molecule has 0 heterocycles. The van der Waals surface area contributed by atoms with E-state index in [1.54, 1.807) is 36.3 Å². The molecule has 0 aliphatic carbocycles. The Labute approximate surface area is 195 Å². The van der Waals surface area contributed by atoms with Gasteiger partial charge in [-0.2, -0.15) is 0 Å². The molecule has 2 aromatic carbocycles. The number of benzene rings is 2. The standard InChI is InChI=1S/C25H34N2O6/c1-6-19-20(15-23(30)27(13-14-32-4)12-11-26(2)3)24(22(29)16-21(19)28)25(31)17-7-9-18(33-5)10-8-17/h7-10,16,28-29H,6,11-15H2,1-5H3. The number of likely N-dealkylation sites (N-methyl/N-ethyl adjacent to an activating group) is 1. The summed E-state index contributed by atoms with van der Waals surface area (Å²) in [6.07, 6.45) is 0.271. The van der Waals surface area contributed by atoms with Crippen molar-refractivity contribution in [2.75, 3.05) is 54.6 Å². The minimum absolute atomic E-state index is 0.0301. The van der Waals surface area contributed by atoms with Crippen LogP contribution >= 0.6 is 0 Å². The lowest BCUT2D eigenvalue weighted by molar-refractivity contribution is -0.131. The Bertz CT molecular complexity index is 956. The molecule has 0 aromatic heterocycles. The van der Waals surface area contributed by atoms with E-state index < -0.39 is 5.78 Å². The lowest BCUT2D eigenvalue weighted by Gasteiger charge is -2.25. The average molecular weight is 459 g/mol. The third-order valence-corrected chi connectivity index (χ3v) is 5.50. The summed E-state index contributed by atoms with van der Waals surface area (Å²) in [4.78, 5) is 30.3. The summed E-state index contributed by atoms with van der Waals surface area (Å²) in [5, 5.41) is 21.1. The van der Waals surface area contributed by atoms with E-state index in [1.165, 1.54) is 7.11 Å². The molecule has 1 amide bonds. The van der Waals surface area contributed by atoms with Crippen molar-refractivity contribution in [1.29, 1.82) is 0 Å². The van der Waals surface area contributed by atoms with Crippen molar-refractivity contribution in [3.05, 3.63) is 52.6 Å². The van der Waals surface area contributed by atoms with Gasteiger partial charge >= 0.3 is 0 Å². The topological polar surface area (TPSA) is 99.5 Å². The lowest BCUT2D eigenvalue weighted by atomic mass is 9.89. The predicted octanol–water partition coefficient (Wildman–Crippen LogP) is 2.48. The van der Waals surface area contributed by atoms with Gasteiger partial charge in [-0.15, -0.1) is 0 Å². The van der Waals surface area contributed by atoms with Crippen LogP contribution < -0.4 is 4.74 Å². The van der Waals surface area contributed by atoms with Crippen LogP contribution in [0.5, 0.6) is 17.2 Å². The van der Waals surface area contributed by atoms with E-state index in [1.807, 2.05) is 25.9 Å². The van der Waals surface area contributed by atoms with Crippen LogP contribution in [-0.2, 0) is 22.4 Å². The first kappa shape index (κ1) is 26.2. The molecule has 0 atom stereocenters. The molecular formula is C25H34N2O6. The van der Waals surface area contributed by atoms with E-state index in [0.29, 0.717) is 55.1 Å². The summed E-state index contributed by atoms with van der Waals surface area (Å²) in [5.41, 5.74) is 1.18. The molecule has 0 radical (unpaired) electrons. The summed E-state index contributed by atoms with van der Waals surface area (Å²) < 4.78 is 10.3. The maximum Gasteiger partial charge on any atom is 0.227 e. The number of carbonyl (C=O) groups is 2. The number of hydrogen-bond donors (Lipinski definition) is 2. The third-order valence-electron chi connectivity index (χ3n) is 5.50. The molecule has 2 N–H and O–H groups in total. The van der Waals surface area contributed by atoms with Gasteiger partial charge in [-0.05, 0) is 55.9 Å². The molecule has 0 unspecified atom stereocenters. The van der Waals surface area contributed by atoms with E-state index in [4.69, 9.17) is 9.47 Å². The van der Waals surface area contributed by atoms with E-state index >= 15 is 0 Å². The van der Waals surface area contributed by atoms with Gasteiger partial charge in [0.1, 0.15) is 17.2 Å². The van der Waals surface area contributed by atoms with E-state index in [0.717, 1.165) is 6.07 Å². The number of rotatable bonds is 12. The van der Waals surface area contributed by atoms with Crippen molar-refractivity contribution >= 4 is 11.7 Å². The lowest BCUT2D eigenvalue weighted by Crippen LogP contribution is -2.39. The van der Waals surface area contributed by atoms with Crippen molar-refractivity contribution in [3.63, 3.8) is 0 Å². The zero-order valence-electron chi connectivity index (χ0n) is 20.1. The quantitative estimate of drug-likeness (QED) is 0.472. The summed E-state index contributed by atoms with van der Waals surface area (Å²) in [6.45, 7) is 3.76. The zero-order valence-corrected chi connectivity index (χ0v) is 20.1. The summed E-state index contributed by atoms with van der Waals surface area (Å²) in [5.74, 6) is -0.534. The molecule has 180 valence electrons. The van der Waals surface area contributed by atoms with Crippen LogP contribution in [-0.4, -0.2) is 86.3 Å². The second kappa shape index (κ2) is 12.2. The minimum atomic E-state index is -0.426. The molecule has 0 aliphatic heterocycles. The predicted molar refractivity (Wildman–Crippen MR) is 126 cm³/mol. The Balaban J connectivity index is 2.48. The molecule has 8 heteroatoms. The second-order valence-electron chi connectivity index (χ2n) is 8.01. The third kappa shape index (κ3) is 6.69. The fourth-order valence-corrected chi connectivity index (χ4v) is 3.62. The first-order chi connectivity index (χ1) is 15.7. The molecule has 8 nitrogen and oxygen atoms in total. The van der Waals surface area contributed by atoms with Gasteiger partial charge < -0.3 is 29.5 Å². The van der Waals surface area contributed by atoms with Crippen LogP contribution in [0, 0.1) is 0 Å². The van der Waals surface area contributed by atoms with Crippen LogP contribution in [0.2, 0.25) is 0 Å². The minimum Gasteiger partial charge on any atom is -0.508 e. The number of ketones is 1. The Morgan fingerprint density at radius 3 is 2.15 bits per heavy atom. The first-order valence-corrected chi connectivity index (χ1v) is 10.9. The van der Waals surface area contributed by atoms with Gasteiger partial charge in [-0.25, -0.2) is 0 Å². The number of carbonyl (C=O) groups excluding carboxylic acids is 2. The number of hydrogen-bond acceptors (Lipinski definition) is 7. The van der Waals surface area contributed by atoms with Crippen LogP contribution in [0.15, 0.2) is 30.3 Å². The molecule has 0 saturated heterocycles. The molecular weight excluding hydrogens is 424 g/mol. The number of ether oxygens (including phenoxy) is 2. The smallest absolute Gasteiger partial charge is 0.227 e. The number of phenols is 2. The van der Waals surface area contributed by atoms with Gasteiger partial charge in [0, 0.05) is 38.4 Å². The number of nitrogens with zero attached hydrogens (tertiary/aromatic N) is 2. The van der Waals surface area contributed by atoms with Crippen molar-refractivity contribution in [1.82, 2.24) is 9.80 Å². The highest BCUT2D eigenvalue weighted by atomic mass is 16.5. The van der Waals surface area contributed by atoms with Gasteiger partial charge in [-0.3, -0.25) is 9.59 Å². The van der Waals surface area contributed by atoms with E-state index in [2.05, 4.69) is 0 Å². The second-order valence-corrected chi connectivity index (χ2v) is 8.01. The highest BCUT2D eigenvalue weighted by Crippen LogP contribution is 2.35. The summed E-state index contributed by atoms with van der Waals surface area (Å²) in [6, 6.07) is 7.69. The Kier molecular flexibility index (Phi) is 9.69. The average Bonchev–Trinajstić information content (AvgIpc) is 2.78. The van der Waals surface area contributed by atoms with E-state index in [9.17, 15) is 19.8 Å². The van der Waals surface area contributed by atoms with Crippen molar-refractivity contribution in [2.24, 2.45) is 0 Å². The number of phenolic OH excluding ortho intramolecular Hbond substituents is 2. The Morgan fingerprint density at radius 1 is 0.939 bits per heavy atom. The molecule has 33 heavy (non-hydrogen) atoms. The molecule has 0 spiro atoms. The number of amides is 1. The van der Waals surface area contributed by atoms with Gasteiger partial charge in [0.2, 0.25) is 5.91 Å². The van der Waals surface area contributed by atoms with Crippen LogP contribution in [0.3, 0.4) is 0 Å². The van der Waals surface area contributed by atoms with Crippen molar-refractivity contribution in [2.45, 2.75) is 19.8 Å². The van der Waals surface area contributed by atoms with Gasteiger partial charge in [-0.1, -0.05) is 6.92 Å². The SMILES string of the molecule is CCc1c(O)cc(O)c(C(=O)c2ccc(OC)cc2)c1CC(=O)N(CCOC)CCN(C)C. The maximum absolute atomic E-state index is 13.4. The molecule has 0 fully saturated rings. The fourth-order valence-electron chi connectivity index (χ4n) is 3.62. The molecule has 0 aliphatic rings. The molecule has 2 rings (SSSR count). The zero-order chi connectivity index (χ0) is 24.5. The summed E-state index contributed by atoms with van der Waals surface area (Å²) in [7, 11) is 6.95. The molecule has 2 aromatic rings. The molecule has 0 bridgehead atoms. The number of methoxy groups -OCH3 is 2. The monoisotopic (exact) mass is 458 g/mol. The normalized spacial score (nSPS) is 11.0. The van der Waals surface area contributed by atoms with E-state index in [-0.39, 0.29) is 29.4 Å². The fraction of sp³-hybridized carbons (Fsp3) is 0.440. The van der Waals surface area contributed by atoms with Gasteiger partial charge in [0.25, 0.3) is 0 Å². The van der Waals surface area contributed by atoms with Crippen LogP contribution in [0.4, 0.5) is 0 Å². The number of aromatic hydroxyl groups is 2. The first-order valence-electron chi connectivity index (χ1n) is 10.9. The molecule has 0 saturated carbocycles. The van der Waals surface area contributed by atoms with Crippen LogP contribution in [0.1, 0.15) is 34.0 Å². The summed E-state index contributed by atoms with van der Waals surface area (Å²) >= 11 is 0. The van der Waals surface area contributed by atoms with Crippen molar-refractivity contribution in [3.8, 4) is 17.2 Å². The van der Waals surface area contributed by atoms with Gasteiger partial charge in [0.15, 0.2) is 5.78 Å².